The number of hydrogen-bond acceptors (Lipinski definition) is 6. The average Bonchev–Trinajstić information content (AvgIpc) is 2.60. The Balaban J connectivity index is 1.66. The number of anilines is 1. The summed E-state index contributed by atoms with van der Waals surface area (Å²) in [7, 11) is -3.92. The molecular formula is C17H16N2O6S. The molecule has 1 heterocycles. The zero-order chi connectivity index (χ0) is 18.7. The maximum Gasteiger partial charge on any atom is 0.269 e. The molecule has 0 saturated carbocycles. The molecule has 9 heteroatoms. The molecule has 1 atom stereocenters. The summed E-state index contributed by atoms with van der Waals surface area (Å²) in [4.78, 5) is 23.2. The second-order valence-corrected chi connectivity index (χ2v) is 7.22. The van der Waals surface area contributed by atoms with Crippen molar-refractivity contribution in [2.24, 2.45) is 0 Å². The van der Waals surface area contributed by atoms with E-state index in [0.717, 1.165) is 6.92 Å². The molecule has 1 aliphatic heterocycles. The highest BCUT2D eigenvalue weighted by atomic mass is 32.2. The van der Waals surface area contributed by atoms with Gasteiger partial charge in [-0.2, -0.15) is 0 Å². The predicted molar refractivity (Wildman–Crippen MR) is 92.4 cm³/mol. The summed E-state index contributed by atoms with van der Waals surface area (Å²) in [5, 5.41) is 2.64. The molecule has 0 aliphatic carbocycles. The number of benzene rings is 2. The largest absolute Gasteiger partial charge is 0.485 e. The molecule has 0 saturated heterocycles. The molecule has 3 rings (SSSR count). The molecular weight excluding hydrogens is 360 g/mol. The summed E-state index contributed by atoms with van der Waals surface area (Å²) in [6.07, 6.45) is -0.826. The van der Waals surface area contributed by atoms with Gasteiger partial charge in [-0.3, -0.25) is 9.59 Å². The van der Waals surface area contributed by atoms with Crippen molar-refractivity contribution < 1.29 is 27.5 Å². The van der Waals surface area contributed by atoms with Crippen molar-refractivity contribution in [2.75, 3.05) is 11.9 Å². The predicted octanol–water partition coefficient (Wildman–Crippen LogP) is 1.29. The Morgan fingerprint density at radius 3 is 2.35 bits per heavy atom. The van der Waals surface area contributed by atoms with E-state index in [1.54, 1.807) is 24.3 Å². The lowest BCUT2D eigenvalue weighted by Gasteiger charge is -2.25. The molecule has 2 N–H and O–H groups in total. The second-order valence-electron chi connectivity index (χ2n) is 5.54. The van der Waals surface area contributed by atoms with Crippen LogP contribution in [0.4, 0.5) is 5.69 Å². The van der Waals surface area contributed by atoms with Crippen LogP contribution in [-0.2, 0) is 19.6 Å². The van der Waals surface area contributed by atoms with Gasteiger partial charge in [-0.25, -0.2) is 13.1 Å². The molecule has 26 heavy (non-hydrogen) atoms. The minimum absolute atomic E-state index is 0.0673. The van der Waals surface area contributed by atoms with Gasteiger partial charge in [0.1, 0.15) is 6.61 Å². The molecule has 1 aliphatic rings. The van der Waals surface area contributed by atoms with Crippen molar-refractivity contribution in [1.29, 1.82) is 0 Å². The standard InChI is InChI=1S/C17H16N2O6S/c1-11(20)19-26(22,23)13-8-6-12(7-9-13)18-17(21)16-10-24-14-4-2-3-5-15(14)25-16/h2-9,16H,10H2,1H3,(H,18,21)(H,19,20)/t16-/m0/s1. The Kier molecular flexibility index (Phi) is 4.81. The van der Waals surface area contributed by atoms with E-state index in [-0.39, 0.29) is 11.5 Å². The fourth-order valence-corrected chi connectivity index (χ4v) is 3.33. The van der Waals surface area contributed by atoms with Gasteiger partial charge in [0.2, 0.25) is 12.0 Å². The van der Waals surface area contributed by atoms with Crippen molar-refractivity contribution in [1.82, 2.24) is 4.72 Å². The third-order valence-electron chi connectivity index (χ3n) is 3.51. The Morgan fingerprint density at radius 2 is 1.69 bits per heavy atom. The minimum atomic E-state index is -3.92. The first kappa shape index (κ1) is 17.7. The lowest BCUT2D eigenvalue weighted by atomic mass is 10.2. The molecule has 8 nitrogen and oxygen atoms in total. The molecule has 136 valence electrons. The van der Waals surface area contributed by atoms with Gasteiger partial charge < -0.3 is 14.8 Å². The maximum atomic E-state index is 12.3. The van der Waals surface area contributed by atoms with Gasteiger partial charge >= 0.3 is 0 Å². The number of sulfonamides is 1. The molecule has 2 amide bonds. The van der Waals surface area contributed by atoms with Crippen LogP contribution in [0.2, 0.25) is 0 Å². The number of fused-ring (bicyclic) bond motifs is 1. The van der Waals surface area contributed by atoms with Gasteiger partial charge in [0.05, 0.1) is 4.90 Å². The first-order valence-corrected chi connectivity index (χ1v) is 9.16. The minimum Gasteiger partial charge on any atom is -0.485 e. The first-order valence-electron chi connectivity index (χ1n) is 7.68. The van der Waals surface area contributed by atoms with Gasteiger partial charge in [-0.05, 0) is 36.4 Å². The fourth-order valence-electron chi connectivity index (χ4n) is 2.34. The van der Waals surface area contributed by atoms with E-state index in [9.17, 15) is 18.0 Å². The van der Waals surface area contributed by atoms with Crippen molar-refractivity contribution in [3.8, 4) is 11.5 Å². The molecule has 0 aromatic heterocycles. The number of carbonyl (C=O) groups is 2. The molecule has 0 radical (unpaired) electrons. The zero-order valence-corrected chi connectivity index (χ0v) is 14.6. The van der Waals surface area contributed by atoms with Gasteiger partial charge in [0, 0.05) is 12.6 Å². The fraction of sp³-hybridized carbons (Fsp3) is 0.176. The number of carbonyl (C=O) groups excluding carboxylic acids is 2. The van der Waals surface area contributed by atoms with E-state index in [1.807, 2.05) is 4.72 Å². The molecule has 0 fully saturated rings. The summed E-state index contributed by atoms with van der Waals surface area (Å²) < 4.78 is 36.7. The van der Waals surface area contributed by atoms with Crippen LogP contribution in [0.1, 0.15) is 6.92 Å². The number of ether oxygens (including phenoxy) is 2. The number of para-hydroxylation sites is 2. The Hall–Kier alpha value is -3.07. The van der Waals surface area contributed by atoms with Crippen molar-refractivity contribution >= 4 is 27.5 Å². The highest BCUT2D eigenvalue weighted by molar-refractivity contribution is 7.90. The molecule has 2 aromatic rings. The summed E-state index contributed by atoms with van der Waals surface area (Å²) in [6, 6.07) is 12.4. The average molecular weight is 376 g/mol. The van der Waals surface area contributed by atoms with Gasteiger partial charge in [-0.1, -0.05) is 12.1 Å². The Bertz CT molecular complexity index is 940. The molecule has 0 unspecified atom stereocenters. The smallest absolute Gasteiger partial charge is 0.269 e. The zero-order valence-electron chi connectivity index (χ0n) is 13.8. The number of rotatable bonds is 4. The van der Waals surface area contributed by atoms with Crippen LogP contribution in [0.5, 0.6) is 11.5 Å². The monoisotopic (exact) mass is 376 g/mol. The normalized spacial score (nSPS) is 15.8. The molecule has 2 aromatic carbocycles. The highest BCUT2D eigenvalue weighted by Crippen LogP contribution is 2.31. The molecule has 0 bridgehead atoms. The lowest BCUT2D eigenvalue weighted by Crippen LogP contribution is -2.40. The Morgan fingerprint density at radius 1 is 1.04 bits per heavy atom. The summed E-state index contributed by atoms with van der Waals surface area (Å²) in [6.45, 7) is 1.17. The first-order chi connectivity index (χ1) is 12.3. The topological polar surface area (TPSA) is 111 Å². The van der Waals surface area contributed by atoms with Crippen molar-refractivity contribution in [3.63, 3.8) is 0 Å². The third kappa shape index (κ3) is 3.94. The molecule has 0 spiro atoms. The van der Waals surface area contributed by atoms with Gasteiger partial charge in [-0.15, -0.1) is 0 Å². The van der Waals surface area contributed by atoms with Crippen molar-refractivity contribution in [2.45, 2.75) is 17.9 Å². The summed E-state index contributed by atoms with van der Waals surface area (Å²) in [5.41, 5.74) is 0.388. The van der Waals surface area contributed by atoms with Crippen LogP contribution in [0.3, 0.4) is 0 Å². The maximum absolute atomic E-state index is 12.3. The van der Waals surface area contributed by atoms with Crippen LogP contribution in [0, 0.1) is 0 Å². The quantitative estimate of drug-likeness (QED) is 0.832. The number of hydrogen-bond donors (Lipinski definition) is 2. The van der Waals surface area contributed by atoms with E-state index < -0.39 is 27.9 Å². The van der Waals surface area contributed by atoms with E-state index in [4.69, 9.17) is 9.47 Å². The lowest BCUT2D eigenvalue weighted by molar-refractivity contribution is -0.125. The van der Waals surface area contributed by atoms with Gasteiger partial charge in [0.15, 0.2) is 11.5 Å². The SMILES string of the molecule is CC(=O)NS(=O)(=O)c1ccc(NC(=O)[C@@H]2COc3ccccc3O2)cc1. The number of amides is 2. The van der Waals surface area contributed by atoms with E-state index in [0.29, 0.717) is 17.2 Å². The van der Waals surface area contributed by atoms with Crippen LogP contribution >= 0.6 is 0 Å². The van der Waals surface area contributed by atoms with Crippen LogP contribution < -0.4 is 19.5 Å². The van der Waals surface area contributed by atoms with E-state index in [2.05, 4.69) is 5.32 Å². The van der Waals surface area contributed by atoms with Crippen LogP contribution in [0.25, 0.3) is 0 Å². The van der Waals surface area contributed by atoms with Crippen molar-refractivity contribution in [3.05, 3.63) is 48.5 Å². The third-order valence-corrected chi connectivity index (χ3v) is 4.96. The number of nitrogens with one attached hydrogen (secondary N) is 2. The van der Waals surface area contributed by atoms with Gasteiger partial charge in [0.25, 0.3) is 15.9 Å². The van der Waals surface area contributed by atoms with Crippen LogP contribution in [0.15, 0.2) is 53.4 Å². The summed E-state index contributed by atoms with van der Waals surface area (Å²) in [5.74, 6) is -0.0474. The Labute approximate surface area is 150 Å². The highest BCUT2D eigenvalue weighted by Gasteiger charge is 2.27. The van der Waals surface area contributed by atoms with Crippen LogP contribution in [-0.4, -0.2) is 32.9 Å². The van der Waals surface area contributed by atoms with E-state index in [1.165, 1.54) is 24.3 Å². The summed E-state index contributed by atoms with van der Waals surface area (Å²) >= 11 is 0. The second kappa shape index (κ2) is 7.04. The van der Waals surface area contributed by atoms with E-state index >= 15 is 0 Å².